The second kappa shape index (κ2) is 6.04. The van der Waals surface area contributed by atoms with Crippen molar-refractivity contribution in [2.24, 2.45) is 0 Å². The summed E-state index contributed by atoms with van der Waals surface area (Å²) >= 11 is 0. The van der Waals surface area contributed by atoms with Gasteiger partial charge in [0.15, 0.2) is 0 Å². The van der Waals surface area contributed by atoms with Crippen LogP contribution in [0.25, 0.3) is 0 Å². The van der Waals surface area contributed by atoms with Crippen LogP contribution in [0.1, 0.15) is 38.3 Å². The predicted molar refractivity (Wildman–Crippen MR) is 86.4 cm³/mol. The Hall–Kier alpha value is -2.95. The average Bonchev–Trinajstić information content (AvgIpc) is 2.81. The molecule has 3 amide bonds. The van der Waals surface area contributed by atoms with E-state index in [1.54, 1.807) is 12.1 Å². The second-order valence-electron chi connectivity index (χ2n) is 5.58. The highest BCUT2D eigenvalue weighted by atomic mass is 16.2. The van der Waals surface area contributed by atoms with Gasteiger partial charge in [0.05, 0.1) is 11.1 Å². The number of rotatable bonds is 4. The van der Waals surface area contributed by atoms with Gasteiger partial charge in [-0.05, 0) is 37.1 Å². The van der Waals surface area contributed by atoms with Crippen LogP contribution in [0, 0.1) is 6.92 Å². The smallest absolute Gasteiger partial charge is 0.259 e. The van der Waals surface area contributed by atoms with Crippen molar-refractivity contribution >= 4 is 23.4 Å². The molecule has 0 atom stereocenters. The molecule has 2 N–H and O–H groups in total. The molecule has 2 aromatic rings. The molecule has 1 heterocycles. The number of imide groups is 1. The zero-order valence-corrected chi connectivity index (χ0v) is 12.7. The molecule has 0 bridgehead atoms. The third-order valence-electron chi connectivity index (χ3n) is 3.78. The maximum atomic E-state index is 12.0. The highest BCUT2D eigenvalue weighted by molar-refractivity contribution is 6.22. The summed E-state index contributed by atoms with van der Waals surface area (Å²) in [4.78, 5) is 35.1. The predicted octanol–water partition coefficient (Wildman–Crippen LogP) is 2.45. The van der Waals surface area contributed by atoms with E-state index in [0.29, 0.717) is 29.7 Å². The molecule has 1 aliphatic rings. The molecule has 0 fully saturated rings. The molecule has 0 saturated carbocycles. The summed E-state index contributed by atoms with van der Waals surface area (Å²) < 4.78 is 0. The lowest BCUT2D eigenvalue weighted by Crippen LogP contribution is -2.19. The first-order chi connectivity index (χ1) is 11.0. The van der Waals surface area contributed by atoms with Gasteiger partial charge < -0.3 is 5.32 Å². The zero-order valence-electron chi connectivity index (χ0n) is 12.7. The number of nitrogens with one attached hydrogen (secondary N) is 2. The third kappa shape index (κ3) is 3.29. The van der Waals surface area contributed by atoms with Crippen LogP contribution in [-0.2, 0) is 11.2 Å². The van der Waals surface area contributed by atoms with Crippen molar-refractivity contribution in [3.05, 3.63) is 64.7 Å². The van der Waals surface area contributed by atoms with Gasteiger partial charge in [-0.25, -0.2) is 0 Å². The number of aryl methyl sites for hydroxylation is 2. The fourth-order valence-electron chi connectivity index (χ4n) is 2.48. The molecule has 5 nitrogen and oxygen atoms in total. The molecule has 0 unspecified atom stereocenters. The van der Waals surface area contributed by atoms with Crippen LogP contribution in [0.5, 0.6) is 0 Å². The Bertz CT molecular complexity index is 794. The maximum Gasteiger partial charge on any atom is 0.259 e. The van der Waals surface area contributed by atoms with E-state index < -0.39 is 11.8 Å². The van der Waals surface area contributed by atoms with Crippen LogP contribution in [0.2, 0.25) is 0 Å². The van der Waals surface area contributed by atoms with E-state index in [1.165, 1.54) is 11.6 Å². The normalized spacial score (nSPS) is 12.7. The van der Waals surface area contributed by atoms with E-state index in [2.05, 4.69) is 10.6 Å². The molecule has 116 valence electrons. The minimum absolute atomic E-state index is 0.129. The first kappa shape index (κ1) is 15.0. The summed E-state index contributed by atoms with van der Waals surface area (Å²) in [7, 11) is 0. The zero-order chi connectivity index (χ0) is 16.4. The van der Waals surface area contributed by atoms with Crippen LogP contribution in [-0.4, -0.2) is 17.7 Å². The van der Waals surface area contributed by atoms with Crippen molar-refractivity contribution in [1.82, 2.24) is 5.32 Å². The quantitative estimate of drug-likeness (QED) is 0.852. The number of carbonyl (C=O) groups is 3. The van der Waals surface area contributed by atoms with Crippen LogP contribution in [0.3, 0.4) is 0 Å². The Balaban J connectivity index is 1.62. The van der Waals surface area contributed by atoms with E-state index in [-0.39, 0.29) is 5.91 Å². The van der Waals surface area contributed by atoms with Crippen molar-refractivity contribution in [2.45, 2.75) is 19.8 Å². The van der Waals surface area contributed by atoms with Gasteiger partial charge in [0.2, 0.25) is 5.91 Å². The van der Waals surface area contributed by atoms with Crippen LogP contribution in [0.4, 0.5) is 5.69 Å². The summed E-state index contributed by atoms with van der Waals surface area (Å²) in [5.41, 5.74) is 3.44. The summed E-state index contributed by atoms with van der Waals surface area (Å²) in [6, 6.07) is 12.7. The van der Waals surface area contributed by atoms with Crippen LogP contribution in [0.15, 0.2) is 42.5 Å². The van der Waals surface area contributed by atoms with E-state index in [9.17, 15) is 14.4 Å². The molecule has 3 rings (SSSR count). The first-order valence-electron chi connectivity index (χ1n) is 7.38. The molecule has 0 aliphatic carbocycles. The summed E-state index contributed by atoms with van der Waals surface area (Å²) in [5.74, 6) is -0.960. The molecule has 1 aliphatic heterocycles. The first-order valence-corrected chi connectivity index (χ1v) is 7.38. The number of anilines is 1. The Morgan fingerprint density at radius 2 is 1.70 bits per heavy atom. The van der Waals surface area contributed by atoms with Gasteiger partial charge in [-0.1, -0.05) is 29.8 Å². The Labute approximate surface area is 133 Å². The number of carbonyl (C=O) groups excluding carboxylic acids is 3. The molecule has 5 heteroatoms. The van der Waals surface area contributed by atoms with E-state index >= 15 is 0 Å². The lowest BCUT2D eigenvalue weighted by atomic mass is 10.1. The largest absolute Gasteiger partial charge is 0.326 e. The van der Waals surface area contributed by atoms with Crippen molar-refractivity contribution in [3.8, 4) is 0 Å². The van der Waals surface area contributed by atoms with Gasteiger partial charge in [-0.3, -0.25) is 19.7 Å². The molecule has 0 spiro atoms. The third-order valence-corrected chi connectivity index (χ3v) is 3.78. The molecule has 0 radical (unpaired) electrons. The number of hydrogen-bond donors (Lipinski definition) is 2. The Kier molecular flexibility index (Phi) is 3.93. The molecule has 23 heavy (non-hydrogen) atoms. The van der Waals surface area contributed by atoms with Crippen molar-refractivity contribution in [1.29, 1.82) is 0 Å². The van der Waals surface area contributed by atoms with Gasteiger partial charge in [0, 0.05) is 12.1 Å². The maximum absolute atomic E-state index is 12.0. The van der Waals surface area contributed by atoms with Gasteiger partial charge in [0.1, 0.15) is 0 Å². The molecule has 0 saturated heterocycles. The fourth-order valence-corrected chi connectivity index (χ4v) is 2.48. The number of amides is 3. The molecular formula is C18H16N2O3. The minimum Gasteiger partial charge on any atom is -0.326 e. The summed E-state index contributed by atoms with van der Waals surface area (Å²) in [6.07, 6.45) is 1.00. The molecule has 0 aromatic heterocycles. The highest BCUT2D eigenvalue weighted by Gasteiger charge is 2.26. The van der Waals surface area contributed by atoms with Crippen LogP contribution >= 0.6 is 0 Å². The highest BCUT2D eigenvalue weighted by Crippen LogP contribution is 2.20. The van der Waals surface area contributed by atoms with Crippen LogP contribution < -0.4 is 10.6 Å². The van der Waals surface area contributed by atoms with Crippen molar-refractivity contribution < 1.29 is 14.4 Å². The van der Waals surface area contributed by atoms with E-state index in [1.807, 2.05) is 31.2 Å². The van der Waals surface area contributed by atoms with E-state index in [4.69, 9.17) is 0 Å². The van der Waals surface area contributed by atoms with Gasteiger partial charge in [-0.15, -0.1) is 0 Å². The summed E-state index contributed by atoms with van der Waals surface area (Å²) in [6.45, 7) is 2.02. The van der Waals surface area contributed by atoms with Crippen molar-refractivity contribution in [3.63, 3.8) is 0 Å². The Morgan fingerprint density at radius 3 is 2.43 bits per heavy atom. The molecular weight excluding hydrogens is 292 g/mol. The lowest BCUT2D eigenvalue weighted by molar-refractivity contribution is -0.116. The van der Waals surface area contributed by atoms with E-state index in [0.717, 1.165) is 5.56 Å². The topological polar surface area (TPSA) is 75.3 Å². The number of fused-ring (bicyclic) bond motifs is 1. The average molecular weight is 308 g/mol. The summed E-state index contributed by atoms with van der Waals surface area (Å²) in [5, 5.41) is 4.98. The van der Waals surface area contributed by atoms with Crippen molar-refractivity contribution in [2.75, 3.05) is 5.32 Å². The monoisotopic (exact) mass is 308 g/mol. The number of hydrogen-bond acceptors (Lipinski definition) is 3. The van der Waals surface area contributed by atoms with Gasteiger partial charge in [-0.2, -0.15) is 0 Å². The standard InChI is InChI=1S/C18H16N2O3/c1-11-2-4-12(5-3-11)6-9-16(21)19-13-7-8-14-15(10-13)18(23)20-17(14)22/h2-5,7-8,10H,6,9H2,1H3,(H,19,21)(H,20,22,23). The van der Waals surface area contributed by atoms with Gasteiger partial charge >= 0.3 is 0 Å². The number of benzene rings is 2. The fraction of sp³-hybridized carbons (Fsp3) is 0.167. The minimum atomic E-state index is -0.430. The second-order valence-corrected chi connectivity index (χ2v) is 5.58. The van der Waals surface area contributed by atoms with Gasteiger partial charge in [0.25, 0.3) is 11.8 Å². The SMILES string of the molecule is Cc1ccc(CCC(=O)Nc2ccc3c(c2)C(=O)NC3=O)cc1. The lowest BCUT2D eigenvalue weighted by Gasteiger charge is -2.06. The Morgan fingerprint density at radius 1 is 1.00 bits per heavy atom. The molecule has 2 aromatic carbocycles.